The molecule has 0 unspecified atom stereocenters. The molecule has 0 aliphatic heterocycles. The van der Waals surface area contributed by atoms with E-state index in [1.54, 1.807) is 13.2 Å². The molecule has 3 aromatic rings. The summed E-state index contributed by atoms with van der Waals surface area (Å²) in [5, 5.41) is 9.91. The van der Waals surface area contributed by atoms with Crippen LogP contribution in [-0.4, -0.2) is 11.7 Å². The largest absolute Gasteiger partial charge is 0.496 e. The molecular formula is C17H13FN2O. The van der Waals surface area contributed by atoms with Gasteiger partial charge < -0.3 is 9.30 Å². The van der Waals surface area contributed by atoms with Crippen LogP contribution in [-0.2, 0) is 6.54 Å². The molecule has 0 fully saturated rings. The van der Waals surface area contributed by atoms with Crippen molar-refractivity contribution < 1.29 is 9.13 Å². The van der Waals surface area contributed by atoms with E-state index in [4.69, 9.17) is 10.00 Å². The van der Waals surface area contributed by atoms with Gasteiger partial charge >= 0.3 is 0 Å². The summed E-state index contributed by atoms with van der Waals surface area (Å²) in [6, 6.07) is 14.1. The number of methoxy groups -OCH3 is 1. The second-order valence-electron chi connectivity index (χ2n) is 4.75. The molecule has 1 heterocycles. The van der Waals surface area contributed by atoms with E-state index in [-0.39, 0.29) is 5.82 Å². The van der Waals surface area contributed by atoms with Gasteiger partial charge in [0.2, 0.25) is 0 Å². The molecule has 0 bridgehead atoms. The maximum absolute atomic E-state index is 13.9. The molecule has 4 heteroatoms. The monoisotopic (exact) mass is 280 g/mol. The summed E-state index contributed by atoms with van der Waals surface area (Å²) in [7, 11) is 1.63. The second-order valence-corrected chi connectivity index (χ2v) is 4.75. The van der Waals surface area contributed by atoms with E-state index in [1.807, 2.05) is 41.1 Å². The van der Waals surface area contributed by atoms with Gasteiger partial charge in [-0.05, 0) is 36.4 Å². The second kappa shape index (κ2) is 5.29. The van der Waals surface area contributed by atoms with Gasteiger partial charge in [0.15, 0.2) is 0 Å². The minimum Gasteiger partial charge on any atom is -0.496 e. The third-order valence-corrected chi connectivity index (χ3v) is 3.51. The first-order valence-electron chi connectivity index (χ1n) is 6.53. The molecule has 1 aromatic heterocycles. The van der Waals surface area contributed by atoms with Gasteiger partial charge in [-0.1, -0.05) is 6.07 Å². The first-order valence-corrected chi connectivity index (χ1v) is 6.53. The lowest BCUT2D eigenvalue weighted by Gasteiger charge is -2.08. The topological polar surface area (TPSA) is 38.0 Å². The van der Waals surface area contributed by atoms with Crippen LogP contribution in [0, 0.1) is 17.1 Å². The number of benzene rings is 2. The van der Waals surface area contributed by atoms with Gasteiger partial charge in [-0.3, -0.25) is 0 Å². The standard InChI is InChI=1S/C17H13FN2O/c1-21-17-4-2-3-16-14(17)7-8-20(16)11-13-9-12(10-19)5-6-15(13)18/h2-9H,11H2,1H3. The lowest BCUT2D eigenvalue weighted by molar-refractivity contribution is 0.420. The van der Waals surface area contributed by atoms with Crippen molar-refractivity contribution in [1.82, 2.24) is 4.57 Å². The highest BCUT2D eigenvalue weighted by Gasteiger charge is 2.09. The summed E-state index contributed by atoms with van der Waals surface area (Å²) in [6.07, 6.45) is 1.89. The molecule has 3 nitrogen and oxygen atoms in total. The number of rotatable bonds is 3. The van der Waals surface area contributed by atoms with Gasteiger partial charge in [-0.25, -0.2) is 4.39 Å². The molecule has 3 rings (SSSR count). The van der Waals surface area contributed by atoms with E-state index < -0.39 is 0 Å². The molecule has 0 radical (unpaired) electrons. The number of fused-ring (bicyclic) bond motifs is 1. The number of nitriles is 1. The SMILES string of the molecule is COc1cccc2c1ccn2Cc1cc(C#N)ccc1F. The van der Waals surface area contributed by atoms with Crippen molar-refractivity contribution in [1.29, 1.82) is 5.26 Å². The molecule has 0 amide bonds. The average molecular weight is 280 g/mol. The summed E-state index contributed by atoms with van der Waals surface area (Å²) in [6.45, 7) is 0.373. The number of halogens is 1. The zero-order valence-corrected chi connectivity index (χ0v) is 11.5. The predicted molar refractivity (Wildman–Crippen MR) is 78.7 cm³/mol. The lowest BCUT2D eigenvalue weighted by atomic mass is 10.1. The Morgan fingerprint density at radius 3 is 2.86 bits per heavy atom. The van der Waals surface area contributed by atoms with Crippen LogP contribution >= 0.6 is 0 Å². The molecule has 2 aromatic carbocycles. The maximum Gasteiger partial charge on any atom is 0.128 e. The van der Waals surface area contributed by atoms with Crippen LogP contribution < -0.4 is 4.74 Å². The molecule has 0 atom stereocenters. The molecule has 104 valence electrons. The molecule has 0 aliphatic carbocycles. The normalized spacial score (nSPS) is 10.5. The minimum atomic E-state index is -0.307. The molecule has 0 spiro atoms. The Kier molecular flexibility index (Phi) is 3.33. The number of hydrogen-bond donors (Lipinski definition) is 0. The van der Waals surface area contributed by atoms with Crippen LogP contribution in [0.15, 0.2) is 48.7 Å². The van der Waals surface area contributed by atoms with Gasteiger partial charge in [-0.15, -0.1) is 0 Å². The summed E-state index contributed by atoms with van der Waals surface area (Å²) in [5.41, 5.74) is 1.92. The molecule has 0 saturated carbocycles. The summed E-state index contributed by atoms with van der Waals surface area (Å²) < 4.78 is 21.2. The smallest absolute Gasteiger partial charge is 0.128 e. The lowest BCUT2D eigenvalue weighted by Crippen LogP contribution is -2.01. The van der Waals surface area contributed by atoms with Crippen molar-refractivity contribution in [2.45, 2.75) is 6.54 Å². The highest BCUT2D eigenvalue weighted by Crippen LogP contribution is 2.27. The number of nitrogens with zero attached hydrogens (tertiary/aromatic N) is 2. The van der Waals surface area contributed by atoms with Crippen molar-refractivity contribution in [3.63, 3.8) is 0 Å². The zero-order valence-electron chi connectivity index (χ0n) is 11.5. The van der Waals surface area contributed by atoms with Crippen molar-refractivity contribution in [2.75, 3.05) is 7.11 Å². The number of aromatic nitrogens is 1. The molecule has 0 saturated heterocycles. The quantitative estimate of drug-likeness (QED) is 0.733. The fourth-order valence-electron chi connectivity index (χ4n) is 2.46. The fourth-order valence-corrected chi connectivity index (χ4v) is 2.46. The van der Waals surface area contributed by atoms with Crippen molar-refractivity contribution in [3.05, 3.63) is 65.6 Å². The molecule has 0 N–H and O–H groups in total. The Hall–Kier alpha value is -2.80. The Morgan fingerprint density at radius 1 is 1.24 bits per heavy atom. The van der Waals surface area contributed by atoms with Crippen molar-refractivity contribution in [3.8, 4) is 11.8 Å². The van der Waals surface area contributed by atoms with Crippen LogP contribution in [0.25, 0.3) is 10.9 Å². The number of hydrogen-bond acceptors (Lipinski definition) is 2. The average Bonchev–Trinajstić information content (AvgIpc) is 2.92. The number of ether oxygens (including phenoxy) is 1. The van der Waals surface area contributed by atoms with E-state index in [1.165, 1.54) is 12.1 Å². The summed E-state index contributed by atoms with van der Waals surface area (Å²) in [4.78, 5) is 0. The van der Waals surface area contributed by atoms with Crippen LogP contribution in [0.1, 0.15) is 11.1 Å². The Morgan fingerprint density at radius 2 is 2.10 bits per heavy atom. The van der Waals surface area contributed by atoms with Gasteiger partial charge in [0, 0.05) is 17.1 Å². The van der Waals surface area contributed by atoms with E-state index in [9.17, 15) is 4.39 Å². The van der Waals surface area contributed by atoms with Crippen LogP contribution in [0.5, 0.6) is 5.75 Å². The molecule has 0 aliphatic rings. The van der Waals surface area contributed by atoms with Crippen LogP contribution in [0.2, 0.25) is 0 Å². The van der Waals surface area contributed by atoms with Gasteiger partial charge in [0.25, 0.3) is 0 Å². The summed E-state index contributed by atoms with van der Waals surface area (Å²) in [5.74, 6) is 0.483. The van der Waals surface area contributed by atoms with Gasteiger partial charge in [-0.2, -0.15) is 5.26 Å². The first-order chi connectivity index (χ1) is 10.2. The first kappa shape index (κ1) is 13.2. The Balaban J connectivity index is 2.05. The molecule has 21 heavy (non-hydrogen) atoms. The fraction of sp³-hybridized carbons (Fsp3) is 0.118. The predicted octanol–water partition coefficient (Wildman–Crippen LogP) is 3.71. The minimum absolute atomic E-state index is 0.307. The third kappa shape index (κ3) is 2.34. The zero-order chi connectivity index (χ0) is 14.8. The van der Waals surface area contributed by atoms with Crippen LogP contribution in [0.3, 0.4) is 0 Å². The van der Waals surface area contributed by atoms with Crippen molar-refractivity contribution >= 4 is 10.9 Å². The van der Waals surface area contributed by atoms with Gasteiger partial charge in [0.05, 0.1) is 30.8 Å². The van der Waals surface area contributed by atoms with E-state index in [2.05, 4.69) is 0 Å². The van der Waals surface area contributed by atoms with Gasteiger partial charge in [0.1, 0.15) is 11.6 Å². The highest BCUT2D eigenvalue weighted by molar-refractivity contribution is 5.86. The van der Waals surface area contributed by atoms with E-state index in [0.717, 1.165) is 16.7 Å². The van der Waals surface area contributed by atoms with Crippen LogP contribution in [0.4, 0.5) is 4.39 Å². The molecular weight excluding hydrogens is 267 g/mol. The van der Waals surface area contributed by atoms with E-state index >= 15 is 0 Å². The Labute approximate surface area is 121 Å². The highest BCUT2D eigenvalue weighted by atomic mass is 19.1. The maximum atomic E-state index is 13.9. The Bertz CT molecular complexity index is 846. The van der Waals surface area contributed by atoms with Crippen molar-refractivity contribution in [2.24, 2.45) is 0 Å². The third-order valence-electron chi connectivity index (χ3n) is 3.51. The summed E-state index contributed by atoms with van der Waals surface area (Å²) >= 11 is 0. The van der Waals surface area contributed by atoms with E-state index in [0.29, 0.717) is 17.7 Å².